The zero-order valence-electron chi connectivity index (χ0n) is 20.5. The van der Waals surface area contributed by atoms with Crippen LogP contribution in [0.15, 0.2) is 30.3 Å². The summed E-state index contributed by atoms with van der Waals surface area (Å²) in [5.41, 5.74) is -0.501. The molecule has 9 nitrogen and oxygen atoms in total. The lowest BCUT2D eigenvalue weighted by atomic mass is 9.95. The first kappa shape index (κ1) is 27.3. The van der Waals surface area contributed by atoms with Gasteiger partial charge in [-0.05, 0) is 45.6 Å². The quantitative estimate of drug-likeness (QED) is 0.222. The van der Waals surface area contributed by atoms with Gasteiger partial charge in [-0.3, -0.25) is 14.4 Å². The SMILES string of the molecule is CCNC(=O)C(N(C)C(=O)C(NCCOc1ccccc1/C=C/CNC=O)C1CC1)C(C)(C)O. The van der Waals surface area contributed by atoms with Crippen LogP contribution in [0.1, 0.15) is 39.2 Å². The molecular weight excluding hydrogens is 436 g/mol. The van der Waals surface area contributed by atoms with E-state index in [1.54, 1.807) is 14.0 Å². The minimum Gasteiger partial charge on any atom is -0.492 e. The summed E-state index contributed by atoms with van der Waals surface area (Å²) in [6.07, 6.45) is 6.24. The van der Waals surface area contributed by atoms with Crippen LogP contribution in [0.5, 0.6) is 5.75 Å². The number of hydrogen-bond donors (Lipinski definition) is 4. The van der Waals surface area contributed by atoms with E-state index in [1.807, 2.05) is 36.4 Å². The lowest BCUT2D eigenvalue weighted by molar-refractivity contribution is -0.149. The number of amides is 3. The second-order valence-electron chi connectivity index (χ2n) is 8.98. The van der Waals surface area contributed by atoms with E-state index in [9.17, 15) is 19.5 Å². The summed E-state index contributed by atoms with van der Waals surface area (Å²) in [5.74, 6) is 0.312. The van der Waals surface area contributed by atoms with Crippen molar-refractivity contribution < 1.29 is 24.2 Å². The third-order valence-electron chi connectivity index (χ3n) is 5.62. The molecule has 0 spiro atoms. The molecule has 1 fully saturated rings. The number of para-hydroxylation sites is 1. The molecule has 2 rings (SSSR count). The first-order valence-electron chi connectivity index (χ1n) is 11.8. The molecule has 0 heterocycles. The van der Waals surface area contributed by atoms with Crippen molar-refractivity contribution in [3.05, 3.63) is 35.9 Å². The number of carbonyl (C=O) groups is 3. The summed E-state index contributed by atoms with van der Waals surface area (Å²) < 4.78 is 5.92. The van der Waals surface area contributed by atoms with Crippen LogP contribution in [-0.2, 0) is 14.4 Å². The van der Waals surface area contributed by atoms with Gasteiger partial charge in [-0.1, -0.05) is 30.4 Å². The highest BCUT2D eigenvalue weighted by Crippen LogP contribution is 2.34. The van der Waals surface area contributed by atoms with E-state index in [-0.39, 0.29) is 17.7 Å². The third kappa shape index (κ3) is 8.14. The highest BCUT2D eigenvalue weighted by atomic mass is 16.5. The van der Waals surface area contributed by atoms with E-state index in [2.05, 4.69) is 16.0 Å². The number of aliphatic hydroxyl groups is 1. The number of carbonyl (C=O) groups excluding carboxylic acids is 3. The van der Waals surface area contributed by atoms with Gasteiger partial charge in [0.1, 0.15) is 18.4 Å². The van der Waals surface area contributed by atoms with Gasteiger partial charge in [0.05, 0.1) is 11.6 Å². The van der Waals surface area contributed by atoms with Crippen LogP contribution in [0.4, 0.5) is 0 Å². The van der Waals surface area contributed by atoms with Gasteiger partial charge in [-0.25, -0.2) is 0 Å². The Hall–Kier alpha value is -2.91. The molecule has 2 unspecified atom stereocenters. The zero-order valence-corrected chi connectivity index (χ0v) is 20.5. The summed E-state index contributed by atoms with van der Waals surface area (Å²) in [6, 6.07) is 6.13. The van der Waals surface area contributed by atoms with E-state index in [4.69, 9.17) is 4.74 Å². The lowest BCUT2D eigenvalue weighted by Gasteiger charge is -2.37. The van der Waals surface area contributed by atoms with Gasteiger partial charge in [0.25, 0.3) is 0 Å². The summed E-state index contributed by atoms with van der Waals surface area (Å²) in [6.45, 7) is 6.50. The Morgan fingerprint density at radius 2 is 2.00 bits per heavy atom. The summed E-state index contributed by atoms with van der Waals surface area (Å²) >= 11 is 0. The fourth-order valence-electron chi connectivity index (χ4n) is 3.90. The molecule has 4 N–H and O–H groups in total. The maximum Gasteiger partial charge on any atom is 0.245 e. The summed E-state index contributed by atoms with van der Waals surface area (Å²) in [7, 11) is 1.57. The lowest BCUT2D eigenvalue weighted by Crippen LogP contribution is -2.61. The second kappa shape index (κ2) is 13.1. The van der Waals surface area contributed by atoms with Crippen molar-refractivity contribution >= 4 is 24.3 Å². The van der Waals surface area contributed by atoms with Crippen molar-refractivity contribution in [2.24, 2.45) is 5.92 Å². The standard InChI is InChI=1S/C25H38N4O5/c1-5-27-23(31)22(25(2,3)33)29(4)24(32)21(19-12-13-19)28-15-16-34-20-11-7-6-9-18(20)10-8-14-26-17-30/h6-11,17,19,21-22,28,33H,5,12-16H2,1-4H3,(H,26,30)(H,27,31)/b10-8+. The average Bonchev–Trinajstić information content (AvgIpc) is 3.61. The summed E-state index contributed by atoms with van der Waals surface area (Å²) in [4.78, 5) is 37.6. The molecule has 9 heteroatoms. The number of benzene rings is 1. The molecule has 34 heavy (non-hydrogen) atoms. The van der Waals surface area contributed by atoms with Crippen LogP contribution in [0.25, 0.3) is 6.08 Å². The Bertz CT molecular complexity index is 848. The van der Waals surface area contributed by atoms with Crippen LogP contribution in [0, 0.1) is 5.92 Å². The minimum absolute atomic E-state index is 0.201. The maximum atomic E-state index is 13.3. The van der Waals surface area contributed by atoms with Crippen LogP contribution in [-0.4, -0.2) is 79.2 Å². The second-order valence-corrected chi connectivity index (χ2v) is 8.98. The predicted octanol–water partition coefficient (Wildman–Crippen LogP) is 0.927. The number of likely N-dealkylation sites (N-methyl/N-ethyl adjacent to an activating group) is 2. The van der Waals surface area contributed by atoms with Crippen LogP contribution in [0.2, 0.25) is 0 Å². The molecule has 188 valence electrons. The number of nitrogens with one attached hydrogen (secondary N) is 3. The van der Waals surface area contributed by atoms with Gasteiger partial charge in [0.15, 0.2) is 0 Å². The van der Waals surface area contributed by atoms with Crippen LogP contribution in [0.3, 0.4) is 0 Å². The fourth-order valence-corrected chi connectivity index (χ4v) is 3.90. The molecule has 1 aromatic rings. The molecule has 0 radical (unpaired) electrons. The number of rotatable bonds is 15. The normalized spacial score (nSPS) is 15.4. The highest BCUT2D eigenvalue weighted by molar-refractivity contribution is 5.90. The van der Waals surface area contributed by atoms with Gasteiger partial charge < -0.3 is 30.7 Å². The monoisotopic (exact) mass is 474 g/mol. The Kier molecular flexibility index (Phi) is 10.5. The van der Waals surface area contributed by atoms with E-state index in [0.717, 1.165) is 18.4 Å². The fraction of sp³-hybridized carbons (Fsp3) is 0.560. The van der Waals surface area contributed by atoms with E-state index >= 15 is 0 Å². The molecule has 2 atom stereocenters. The van der Waals surface area contributed by atoms with Crippen molar-refractivity contribution in [2.75, 3.05) is 33.3 Å². The molecular formula is C25H38N4O5. The van der Waals surface area contributed by atoms with E-state index < -0.39 is 17.7 Å². The largest absolute Gasteiger partial charge is 0.492 e. The highest BCUT2D eigenvalue weighted by Gasteiger charge is 2.44. The van der Waals surface area contributed by atoms with Gasteiger partial charge in [0.2, 0.25) is 18.2 Å². The zero-order chi connectivity index (χ0) is 25.1. The van der Waals surface area contributed by atoms with Crippen molar-refractivity contribution in [3.63, 3.8) is 0 Å². The Labute approximate surface area is 201 Å². The smallest absolute Gasteiger partial charge is 0.245 e. The van der Waals surface area contributed by atoms with Crippen molar-refractivity contribution in [1.29, 1.82) is 0 Å². The predicted molar refractivity (Wildman–Crippen MR) is 131 cm³/mol. The number of nitrogens with zero attached hydrogens (tertiary/aromatic N) is 1. The van der Waals surface area contributed by atoms with Crippen molar-refractivity contribution in [1.82, 2.24) is 20.9 Å². The minimum atomic E-state index is -1.39. The molecule has 0 aromatic heterocycles. The maximum absolute atomic E-state index is 13.3. The Morgan fingerprint density at radius 3 is 2.62 bits per heavy atom. The molecule has 0 bridgehead atoms. The van der Waals surface area contributed by atoms with Crippen molar-refractivity contribution in [3.8, 4) is 5.75 Å². The number of ether oxygens (including phenoxy) is 1. The molecule has 1 saturated carbocycles. The van der Waals surface area contributed by atoms with E-state index in [1.165, 1.54) is 18.7 Å². The van der Waals surface area contributed by atoms with Crippen molar-refractivity contribution in [2.45, 2.75) is 51.3 Å². The van der Waals surface area contributed by atoms with Gasteiger partial charge >= 0.3 is 0 Å². The third-order valence-corrected chi connectivity index (χ3v) is 5.62. The Balaban J connectivity index is 1.97. The first-order chi connectivity index (χ1) is 16.2. The molecule has 0 saturated heterocycles. The van der Waals surface area contributed by atoms with E-state index in [0.29, 0.717) is 38.4 Å². The van der Waals surface area contributed by atoms with Gasteiger partial charge in [0, 0.05) is 32.2 Å². The molecule has 1 aliphatic rings. The molecule has 1 aromatic carbocycles. The molecule has 0 aliphatic heterocycles. The van der Waals surface area contributed by atoms with Crippen LogP contribution >= 0.6 is 0 Å². The Morgan fingerprint density at radius 1 is 1.29 bits per heavy atom. The first-order valence-corrected chi connectivity index (χ1v) is 11.8. The van der Waals surface area contributed by atoms with Crippen LogP contribution < -0.4 is 20.7 Å². The van der Waals surface area contributed by atoms with Gasteiger partial charge in [-0.2, -0.15) is 0 Å². The molecule has 3 amide bonds. The summed E-state index contributed by atoms with van der Waals surface area (Å²) in [5, 5.41) is 19.1. The topological polar surface area (TPSA) is 120 Å². The molecule has 1 aliphatic carbocycles. The number of hydrogen-bond acceptors (Lipinski definition) is 6. The van der Waals surface area contributed by atoms with Gasteiger partial charge in [-0.15, -0.1) is 0 Å². The average molecular weight is 475 g/mol.